The lowest BCUT2D eigenvalue weighted by Crippen LogP contribution is -2.41. The van der Waals surface area contributed by atoms with E-state index in [4.69, 9.17) is 18.9 Å². The molecule has 2 N–H and O–H groups in total. The summed E-state index contributed by atoms with van der Waals surface area (Å²) in [5.74, 6) is 2.11. The van der Waals surface area contributed by atoms with Crippen LogP contribution in [0.1, 0.15) is 54.4 Å². The van der Waals surface area contributed by atoms with E-state index >= 15 is 0 Å². The van der Waals surface area contributed by atoms with Gasteiger partial charge in [0.2, 0.25) is 5.91 Å². The number of hydrogen-bond donors (Lipinski definition) is 2. The number of carbonyl (C=O) groups excluding carboxylic acids is 1. The van der Waals surface area contributed by atoms with E-state index in [1.807, 2.05) is 18.2 Å². The van der Waals surface area contributed by atoms with Gasteiger partial charge in [0.15, 0.2) is 0 Å². The first kappa shape index (κ1) is 31.8. The molecule has 1 amide bonds. The van der Waals surface area contributed by atoms with E-state index in [1.54, 1.807) is 14.0 Å². The molecule has 44 heavy (non-hydrogen) atoms. The first-order chi connectivity index (χ1) is 21.6. The Bertz CT molecular complexity index is 1320. The average Bonchev–Trinajstić information content (AvgIpc) is 3.06. The SMILES string of the molecule is COc1cc(CO[C@H]2CNCC[C@@H]2c2ccc(OCCCOCc3ccccc3)cc2)cc2c1CCCN2CCNC(C)=O. The number of carbonyl (C=O) groups is 1. The lowest BCUT2D eigenvalue weighted by atomic mass is 9.87. The Morgan fingerprint density at radius 3 is 2.66 bits per heavy atom. The van der Waals surface area contributed by atoms with Gasteiger partial charge in [0.25, 0.3) is 0 Å². The molecule has 2 heterocycles. The molecule has 0 saturated carbocycles. The quantitative estimate of drug-likeness (QED) is 0.231. The molecule has 2 aliphatic heterocycles. The van der Waals surface area contributed by atoms with Crippen molar-refractivity contribution >= 4 is 11.6 Å². The molecule has 2 aliphatic rings. The van der Waals surface area contributed by atoms with Crippen molar-refractivity contribution in [2.75, 3.05) is 57.9 Å². The topological polar surface area (TPSA) is 81.3 Å². The van der Waals surface area contributed by atoms with Crippen LogP contribution in [0, 0.1) is 0 Å². The molecule has 5 rings (SSSR count). The van der Waals surface area contributed by atoms with E-state index in [1.165, 1.54) is 22.4 Å². The standard InChI is InChI=1S/C36H47N3O5/c1-27(40)38-17-19-39-18-6-10-33-34(39)22-29(23-35(33)41-2)26-44-36-24-37-16-15-32(36)30-11-13-31(14-12-30)43-21-7-20-42-25-28-8-4-3-5-9-28/h3-5,8-9,11-14,22-23,32,36-37H,6-7,10,15-21,24-26H2,1-2H3,(H,38,40)/t32-,36+/m1/s1. The molecular formula is C36H47N3O5. The molecule has 0 radical (unpaired) electrons. The molecule has 1 fully saturated rings. The van der Waals surface area contributed by atoms with Gasteiger partial charge in [-0.05, 0) is 66.8 Å². The first-order valence-corrected chi connectivity index (χ1v) is 16.0. The largest absolute Gasteiger partial charge is 0.496 e. The zero-order valence-corrected chi connectivity index (χ0v) is 26.2. The summed E-state index contributed by atoms with van der Waals surface area (Å²) in [4.78, 5) is 13.8. The number of amides is 1. The minimum Gasteiger partial charge on any atom is -0.496 e. The molecule has 236 valence electrons. The van der Waals surface area contributed by atoms with Gasteiger partial charge in [-0.3, -0.25) is 4.79 Å². The molecule has 3 aromatic rings. The summed E-state index contributed by atoms with van der Waals surface area (Å²) in [5, 5.41) is 6.44. The van der Waals surface area contributed by atoms with E-state index < -0.39 is 0 Å². The van der Waals surface area contributed by atoms with Crippen LogP contribution in [0.2, 0.25) is 0 Å². The van der Waals surface area contributed by atoms with Crippen LogP contribution < -0.4 is 25.0 Å². The highest BCUT2D eigenvalue weighted by molar-refractivity contribution is 5.73. The molecule has 0 bridgehead atoms. The second kappa shape index (κ2) is 16.5. The van der Waals surface area contributed by atoms with Crippen LogP contribution in [0.4, 0.5) is 5.69 Å². The molecule has 3 aromatic carbocycles. The molecule has 8 heteroatoms. The van der Waals surface area contributed by atoms with Crippen LogP contribution >= 0.6 is 0 Å². The van der Waals surface area contributed by atoms with Crippen molar-refractivity contribution in [3.05, 3.63) is 89.0 Å². The normalized spacial score (nSPS) is 18.0. The highest BCUT2D eigenvalue weighted by Crippen LogP contribution is 2.37. The molecule has 0 spiro atoms. The third-order valence-corrected chi connectivity index (χ3v) is 8.43. The Balaban J connectivity index is 1.14. The molecule has 0 aromatic heterocycles. The van der Waals surface area contributed by atoms with Crippen LogP contribution in [-0.4, -0.2) is 65.1 Å². The Morgan fingerprint density at radius 2 is 1.86 bits per heavy atom. The van der Waals surface area contributed by atoms with Crippen molar-refractivity contribution in [2.45, 2.75) is 57.8 Å². The average molecular weight is 602 g/mol. The fourth-order valence-corrected chi connectivity index (χ4v) is 6.17. The number of anilines is 1. The van der Waals surface area contributed by atoms with Gasteiger partial charge in [-0.15, -0.1) is 0 Å². The van der Waals surface area contributed by atoms with Crippen LogP contribution in [0.15, 0.2) is 66.7 Å². The zero-order valence-electron chi connectivity index (χ0n) is 26.2. The third-order valence-electron chi connectivity index (χ3n) is 8.43. The van der Waals surface area contributed by atoms with Gasteiger partial charge in [0, 0.05) is 56.7 Å². The highest BCUT2D eigenvalue weighted by Gasteiger charge is 2.28. The summed E-state index contributed by atoms with van der Waals surface area (Å²) >= 11 is 0. The van der Waals surface area contributed by atoms with Gasteiger partial charge < -0.3 is 34.5 Å². The van der Waals surface area contributed by atoms with E-state index in [-0.39, 0.29) is 12.0 Å². The minimum absolute atomic E-state index is 0.0000302. The summed E-state index contributed by atoms with van der Waals surface area (Å²) in [5.41, 5.74) is 6.00. The molecule has 8 nitrogen and oxygen atoms in total. The maximum absolute atomic E-state index is 11.4. The fraction of sp³-hybridized carbons (Fsp3) is 0.472. The summed E-state index contributed by atoms with van der Waals surface area (Å²) in [6.07, 6.45) is 4.00. The second-order valence-electron chi connectivity index (χ2n) is 11.6. The maximum atomic E-state index is 11.4. The number of fused-ring (bicyclic) bond motifs is 1. The van der Waals surface area contributed by atoms with Crippen molar-refractivity contribution in [3.8, 4) is 11.5 Å². The van der Waals surface area contributed by atoms with Crippen LogP contribution in [0.25, 0.3) is 0 Å². The number of hydrogen-bond acceptors (Lipinski definition) is 7. The second-order valence-corrected chi connectivity index (χ2v) is 11.6. The number of nitrogens with one attached hydrogen (secondary N) is 2. The Kier molecular flexibility index (Phi) is 11.9. The first-order valence-electron chi connectivity index (χ1n) is 16.0. The van der Waals surface area contributed by atoms with Gasteiger partial charge in [0.05, 0.1) is 39.6 Å². The van der Waals surface area contributed by atoms with Crippen LogP contribution in [0.5, 0.6) is 11.5 Å². The maximum Gasteiger partial charge on any atom is 0.216 e. The van der Waals surface area contributed by atoms with E-state index in [2.05, 4.69) is 64.1 Å². The monoisotopic (exact) mass is 601 g/mol. The van der Waals surface area contributed by atoms with Gasteiger partial charge in [-0.2, -0.15) is 0 Å². The highest BCUT2D eigenvalue weighted by atomic mass is 16.5. The minimum atomic E-state index is 0.0000302. The number of benzene rings is 3. The molecule has 1 saturated heterocycles. The summed E-state index contributed by atoms with van der Waals surface area (Å²) in [6.45, 7) is 8.16. The van der Waals surface area contributed by atoms with E-state index in [0.29, 0.717) is 38.9 Å². The predicted octanol–water partition coefficient (Wildman–Crippen LogP) is 5.23. The summed E-state index contributed by atoms with van der Waals surface area (Å²) in [6, 6.07) is 23.1. The summed E-state index contributed by atoms with van der Waals surface area (Å²) in [7, 11) is 1.74. The summed E-state index contributed by atoms with van der Waals surface area (Å²) < 4.78 is 24.2. The number of rotatable bonds is 15. The molecule has 2 atom stereocenters. The third kappa shape index (κ3) is 8.97. The fourth-order valence-electron chi connectivity index (χ4n) is 6.17. The van der Waals surface area contributed by atoms with Gasteiger partial charge in [-0.1, -0.05) is 42.5 Å². The number of methoxy groups -OCH3 is 1. The van der Waals surface area contributed by atoms with Crippen molar-refractivity contribution in [2.24, 2.45) is 0 Å². The Hall–Kier alpha value is -3.59. The smallest absolute Gasteiger partial charge is 0.216 e. The van der Waals surface area contributed by atoms with Crippen LogP contribution in [0.3, 0.4) is 0 Å². The van der Waals surface area contributed by atoms with Crippen molar-refractivity contribution < 1.29 is 23.7 Å². The van der Waals surface area contributed by atoms with E-state index in [9.17, 15) is 4.79 Å². The van der Waals surface area contributed by atoms with Gasteiger partial charge in [-0.25, -0.2) is 0 Å². The Labute approximate surface area is 262 Å². The number of ether oxygens (including phenoxy) is 4. The van der Waals surface area contributed by atoms with Gasteiger partial charge in [0.1, 0.15) is 11.5 Å². The van der Waals surface area contributed by atoms with Crippen LogP contribution in [-0.2, 0) is 33.9 Å². The van der Waals surface area contributed by atoms with Crippen molar-refractivity contribution in [1.29, 1.82) is 0 Å². The van der Waals surface area contributed by atoms with Crippen molar-refractivity contribution in [1.82, 2.24) is 10.6 Å². The molecule has 0 aliphatic carbocycles. The van der Waals surface area contributed by atoms with Gasteiger partial charge >= 0.3 is 0 Å². The lowest BCUT2D eigenvalue weighted by molar-refractivity contribution is -0.118. The van der Waals surface area contributed by atoms with Crippen molar-refractivity contribution in [3.63, 3.8) is 0 Å². The number of nitrogens with zero attached hydrogens (tertiary/aromatic N) is 1. The predicted molar refractivity (Wildman–Crippen MR) is 174 cm³/mol. The zero-order chi connectivity index (χ0) is 30.6. The molecular weight excluding hydrogens is 554 g/mol. The Morgan fingerprint density at radius 1 is 1.02 bits per heavy atom. The molecule has 0 unspecified atom stereocenters. The number of piperidine rings is 1. The lowest BCUT2D eigenvalue weighted by Gasteiger charge is -2.34. The van der Waals surface area contributed by atoms with E-state index in [0.717, 1.165) is 68.9 Å².